The first-order valence-corrected chi connectivity index (χ1v) is 10.6. The number of ether oxygens (including phenoxy) is 3. The van der Waals surface area contributed by atoms with Gasteiger partial charge in [-0.15, -0.1) is 0 Å². The van der Waals surface area contributed by atoms with Crippen molar-refractivity contribution in [3.8, 4) is 23.4 Å². The van der Waals surface area contributed by atoms with Crippen molar-refractivity contribution in [1.29, 1.82) is 5.26 Å². The van der Waals surface area contributed by atoms with E-state index in [1.165, 1.54) is 38.7 Å². The minimum absolute atomic E-state index is 0.117. The Hall–Kier alpha value is -2.90. The lowest BCUT2D eigenvalue weighted by molar-refractivity contribution is 0.137. The molecule has 0 unspecified atom stereocenters. The van der Waals surface area contributed by atoms with Gasteiger partial charge in [-0.05, 0) is 37.8 Å². The standard InChI is InChI=1S/C19H22N4O5S/c1-26-17-8-7-15(11-18(17)27-2)29(24,25)23-13-3-5-14(6-4-13)28-19-16(12-20)21-9-10-22-19/h7-11,13-14,23H,3-6H2,1-2H3. The van der Waals surface area contributed by atoms with Gasteiger partial charge in [-0.2, -0.15) is 5.26 Å². The number of hydrogen-bond acceptors (Lipinski definition) is 8. The van der Waals surface area contributed by atoms with Crippen LogP contribution >= 0.6 is 0 Å². The van der Waals surface area contributed by atoms with Crippen molar-refractivity contribution >= 4 is 10.0 Å². The van der Waals surface area contributed by atoms with E-state index in [2.05, 4.69) is 14.7 Å². The average molecular weight is 418 g/mol. The van der Waals surface area contributed by atoms with Gasteiger partial charge >= 0.3 is 0 Å². The van der Waals surface area contributed by atoms with E-state index in [1.54, 1.807) is 6.07 Å². The molecule has 3 rings (SSSR count). The first-order chi connectivity index (χ1) is 14.0. The van der Waals surface area contributed by atoms with Crippen LogP contribution in [-0.4, -0.2) is 44.8 Å². The third-order valence-corrected chi connectivity index (χ3v) is 6.23. The van der Waals surface area contributed by atoms with E-state index >= 15 is 0 Å². The maximum Gasteiger partial charge on any atom is 0.251 e. The molecule has 0 aliphatic heterocycles. The Morgan fingerprint density at radius 1 is 1.07 bits per heavy atom. The van der Waals surface area contributed by atoms with Gasteiger partial charge in [0.15, 0.2) is 11.5 Å². The molecule has 1 fully saturated rings. The van der Waals surface area contributed by atoms with E-state index in [1.807, 2.05) is 6.07 Å². The first kappa shape index (κ1) is 20.8. The molecule has 1 heterocycles. The van der Waals surface area contributed by atoms with Gasteiger partial charge in [0.05, 0.1) is 19.1 Å². The number of hydrogen-bond donors (Lipinski definition) is 1. The van der Waals surface area contributed by atoms with E-state index in [0.717, 1.165) is 0 Å². The van der Waals surface area contributed by atoms with Crippen LogP contribution in [0.15, 0.2) is 35.5 Å². The maximum absolute atomic E-state index is 12.7. The molecule has 0 atom stereocenters. The number of benzene rings is 1. The minimum Gasteiger partial charge on any atom is -0.493 e. The van der Waals surface area contributed by atoms with Gasteiger partial charge < -0.3 is 14.2 Å². The summed E-state index contributed by atoms with van der Waals surface area (Å²) < 4.78 is 44.3. The largest absolute Gasteiger partial charge is 0.493 e. The zero-order valence-corrected chi connectivity index (χ0v) is 17.0. The van der Waals surface area contributed by atoms with Crippen molar-refractivity contribution in [2.75, 3.05) is 14.2 Å². The molecule has 1 saturated carbocycles. The Balaban J connectivity index is 1.61. The Morgan fingerprint density at radius 2 is 1.76 bits per heavy atom. The van der Waals surface area contributed by atoms with Crippen LogP contribution in [0.5, 0.6) is 17.4 Å². The molecule has 9 nitrogen and oxygen atoms in total. The normalized spacial score (nSPS) is 19.2. The summed E-state index contributed by atoms with van der Waals surface area (Å²) in [5, 5.41) is 9.07. The van der Waals surface area contributed by atoms with E-state index < -0.39 is 10.0 Å². The second kappa shape index (κ2) is 9.07. The van der Waals surface area contributed by atoms with Gasteiger partial charge in [0, 0.05) is 24.5 Å². The molecule has 0 radical (unpaired) electrons. The molecule has 1 aliphatic carbocycles. The van der Waals surface area contributed by atoms with Crippen molar-refractivity contribution in [1.82, 2.24) is 14.7 Å². The molecular weight excluding hydrogens is 396 g/mol. The molecule has 1 aromatic heterocycles. The topological polar surface area (TPSA) is 123 Å². The molecule has 154 valence electrons. The highest BCUT2D eigenvalue weighted by Crippen LogP contribution is 2.30. The summed E-state index contributed by atoms with van der Waals surface area (Å²) in [6.45, 7) is 0. The van der Waals surface area contributed by atoms with Crippen LogP contribution in [0.4, 0.5) is 0 Å². The fourth-order valence-corrected chi connectivity index (χ4v) is 4.54. The number of sulfonamides is 1. The molecule has 29 heavy (non-hydrogen) atoms. The number of rotatable bonds is 7. The monoisotopic (exact) mass is 418 g/mol. The SMILES string of the molecule is COc1ccc(S(=O)(=O)NC2CCC(Oc3nccnc3C#N)CC2)cc1OC. The van der Waals surface area contributed by atoms with Gasteiger partial charge in [0.25, 0.3) is 5.88 Å². The van der Waals surface area contributed by atoms with Crippen LogP contribution in [-0.2, 0) is 10.0 Å². The Kier molecular flexibility index (Phi) is 6.51. The smallest absolute Gasteiger partial charge is 0.251 e. The summed E-state index contributed by atoms with van der Waals surface area (Å²) >= 11 is 0. The van der Waals surface area contributed by atoms with Crippen molar-refractivity contribution in [2.45, 2.75) is 42.7 Å². The number of nitrogens with zero attached hydrogens (tertiary/aromatic N) is 3. The maximum atomic E-state index is 12.7. The lowest BCUT2D eigenvalue weighted by atomic mass is 9.94. The number of nitrogens with one attached hydrogen (secondary N) is 1. The van der Waals surface area contributed by atoms with Gasteiger partial charge in [-0.3, -0.25) is 0 Å². The lowest BCUT2D eigenvalue weighted by Crippen LogP contribution is -2.39. The fraction of sp³-hybridized carbons (Fsp3) is 0.421. The van der Waals surface area contributed by atoms with Crippen LogP contribution in [0.2, 0.25) is 0 Å². The highest BCUT2D eigenvalue weighted by atomic mass is 32.2. The number of aromatic nitrogens is 2. The summed E-state index contributed by atoms with van der Waals surface area (Å²) in [4.78, 5) is 8.10. The summed E-state index contributed by atoms with van der Waals surface area (Å²) in [5.41, 5.74) is 0.142. The summed E-state index contributed by atoms with van der Waals surface area (Å²) in [6, 6.07) is 6.23. The predicted molar refractivity (Wildman–Crippen MR) is 103 cm³/mol. The van der Waals surface area contributed by atoms with Crippen LogP contribution in [0.25, 0.3) is 0 Å². The minimum atomic E-state index is -3.70. The van der Waals surface area contributed by atoms with E-state index in [9.17, 15) is 8.42 Å². The van der Waals surface area contributed by atoms with Crippen molar-refractivity contribution in [3.63, 3.8) is 0 Å². The third-order valence-electron chi connectivity index (χ3n) is 4.71. The molecule has 10 heteroatoms. The summed E-state index contributed by atoms with van der Waals surface area (Å²) in [7, 11) is -0.749. The number of methoxy groups -OCH3 is 2. The van der Waals surface area contributed by atoms with Crippen LogP contribution < -0.4 is 18.9 Å². The molecular formula is C19H22N4O5S. The summed E-state index contributed by atoms with van der Waals surface area (Å²) in [5.74, 6) is 1.03. The van der Waals surface area contributed by atoms with Crippen LogP contribution in [0.3, 0.4) is 0 Å². The zero-order valence-electron chi connectivity index (χ0n) is 16.2. The van der Waals surface area contributed by atoms with E-state index in [4.69, 9.17) is 19.5 Å². The highest BCUT2D eigenvalue weighted by Gasteiger charge is 2.28. The van der Waals surface area contributed by atoms with Gasteiger partial charge in [0.1, 0.15) is 12.2 Å². The molecule has 1 aliphatic rings. The average Bonchev–Trinajstić information content (AvgIpc) is 2.74. The molecule has 1 aromatic carbocycles. The second-order valence-corrected chi connectivity index (χ2v) is 8.27. The summed E-state index contributed by atoms with van der Waals surface area (Å²) in [6.07, 6.45) is 5.27. The van der Waals surface area contributed by atoms with Crippen molar-refractivity contribution in [2.24, 2.45) is 0 Å². The third kappa shape index (κ3) is 4.93. The second-order valence-electron chi connectivity index (χ2n) is 6.55. The molecule has 0 spiro atoms. The molecule has 1 N–H and O–H groups in total. The Morgan fingerprint density at radius 3 is 2.41 bits per heavy atom. The molecule has 0 saturated heterocycles. The molecule has 2 aromatic rings. The van der Waals surface area contributed by atoms with E-state index in [0.29, 0.717) is 37.2 Å². The first-order valence-electron chi connectivity index (χ1n) is 9.09. The van der Waals surface area contributed by atoms with Crippen molar-refractivity contribution < 1.29 is 22.6 Å². The molecule has 0 amide bonds. The lowest BCUT2D eigenvalue weighted by Gasteiger charge is -2.29. The van der Waals surface area contributed by atoms with Crippen LogP contribution in [0, 0.1) is 11.3 Å². The van der Waals surface area contributed by atoms with Gasteiger partial charge in [-0.1, -0.05) is 0 Å². The van der Waals surface area contributed by atoms with Crippen molar-refractivity contribution in [3.05, 3.63) is 36.3 Å². The fourth-order valence-electron chi connectivity index (χ4n) is 3.22. The quantitative estimate of drug-likeness (QED) is 0.724. The van der Waals surface area contributed by atoms with E-state index in [-0.39, 0.29) is 28.6 Å². The van der Waals surface area contributed by atoms with Gasteiger partial charge in [0.2, 0.25) is 15.7 Å². The van der Waals surface area contributed by atoms with Crippen LogP contribution in [0.1, 0.15) is 31.4 Å². The highest BCUT2D eigenvalue weighted by molar-refractivity contribution is 7.89. The van der Waals surface area contributed by atoms with Gasteiger partial charge in [-0.25, -0.2) is 23.1 Å². The Labute approximate surface area is 169 Å². The molecule has 0 bridgehead atoms. The Bertz CT molecular complexity index is 998. The predicted octanol–water partition coefficient (Wildman–Crippen LogP) is 2.03. The zero-order chi connectivity index (χ0) is 20.9. The number of nitriles is 1.